The highest BCUT2D eigenvalue weighted by molar-refractivity contribution is 5.62. The van der Waals surface area contributed by atoms with E-state index in [9.17, 15) is 0 Å². The first-order chi connectivity index (χ1) is 6.83. The van der Waals surface area contributed by atoms with Gasteiger partial charge in [0, 0.05) is 5.56 Å². The van der Waals surface area contributed by atoms with Crippen molar-refractivity contribution in [3.8, 4) is 17.6 Å². The molecule has 0 saturated heterocycles. The van der Waals surface area contributed by atoms with Crippen LogP contribution >= 0.6 is 0 Å². The van der Waals surface area contributed by atoms with E-state index in [1.54, 1.807) is 13.2 Å². The van der Waals surface area contributed by atoms with E-state index >= 15 is 0 Å². The summed E-state index contributed by atoms with van der Waals surface area (Å²) in [7, 11) is 1.62. The molecule has 0 saturated carbocycles. The van der Waals surface area contributed by atoms with Gasteiger partial charge in [-0.3, -0.25) is 0 Å². The number of rotatable bonds is 1. The molecule has 1 atom stereocenters. The highest BCUT2D eigenvalue weighted by Crippen LogP contribution is 2.29. The Kier molecular flexibility index (Phi) is 2.11. The molecule has 0 aromatic heterocycles. The summed E-state index contributed by atoms with van der Waals surface area (Å²) in [6, 6.07) is 7.53. The smallest absolute Gasteiger partial charge is 0.203 e. The van der Waals surface area contributed by atoms with Crippen LogP contribution in [-0.4, -0.2) is 13.2 Å². The van der Waals surface area contributed by atoms with E-state index in [1.807, 2.05) is 30.3 Å². The molecule has 1 aromatic carbocycles. The molecule has 0 bridgehead atoms. The monoisotopic (exact) mass is 187 g/mol. The summed E-state index contributed by atoms with van der Waals surface area (Å²) < 4.78 is 10.5. The fraction of sp³-hybridized carbons (Fsp3) is 0.182. The lowest BCUT2D eigenvalue weighted by molar-refractivity contribution is 0.298. The zero-order valence-corrected chi connectivity index (χ0v) is 7.73. The molecule has 0 N–H and O–H groups in total. The van der Waals surface area contributed by atoms with Crippen LogP contribution in [0.5, 0.6) is 11.5 Å². The minimum atomic E-state index is -0.476. The number of fused-ring (bicyclic) bond motifs is 1. The van der Waals surface area contributed by atoms with Gasteiger partial charge in [-0.1, -0.05) is 6.08 Å². The largest absolute Gasteiger partial charge is 0.497 e. The predicted octanol–water partition coefficient (Wildman–Crippen LogP) is 1.99. The molecule has 1 aliphatic heterocycles. The van der Waals surface area contributed by atoms with Crippen molar-refractivity contribution in [2.24, 2.45) is 0 Å². The lowest BCUT2D eigenvalue weighted by Gasteiger charge is -2.16. The molecule has 0 aliphatic carbocycles. The third-order valence-electron chi connectivity index (χ3n) is 2.05. The normalized spacial score (nSPS) is 17.9. The minimum absolute atomic E-state index is 0.476. The van der Waals surface area contributed by atoms with Gasteiger partial charge in [-0.2, -0.15) is 5.26 Å². The third-order valence-corrected chi connectivity index (χ3v) is 2.05. The predicted molar refractivity (Wildman–Crippen MR) is 52.1 cm³/mol. The summed E-state index contributed by atoms with van der Waals surface area (Å²) in [4.78, 5) is 0. The van der Waals surface area contributed by atoms with Crippen LogP contribution < -0.4 is 9.47 Å². The Morgan fingerprint density at radius 1 is 1.50 bits per heavy atom. The van der Waals surface area contributed by atoms with Crippen LogP contribution in [0.3, 0.4) is 0 Å². The second-order valence-electron chi connectivity index (χ2n) is 2.93. The van der Waals surface area contributed by atoms with Crippen LogP contribution in [0.2, 0.25) is 0 Å². The van der Waals surface area contributed by atoms with Gasteiger partial charge in [-0.25, -0.2) is 0 Å². The Morgan fingerprint density at radius 2 is 2.36 bits per heavy atom. The Morgan fingerprint density at radius 3 is 3.07 bits per heavy atom. The molecule has 1 heterocycles. The van der Waals surface area contributed by atoms with Crippen LogP contribution in [0.25, 0.3) is 6.08 Å². The van der Waals surface area contributed by atoms with E-state index < -0.39 is 6.10 Å². The fourth-order valence-electron chi connectivity index (χ4n) is 1.33. The second-order valence-corrected chi connectivity index (χ2v) is 2.93. The van der Waals surface area contributed by atoms with Gasteiger partial charge in [-0.05, 0) is 24.3 Å². The quantitative estimate of drug-likeness (QED) is 0.675. The van der Waals surface area contributed by atoms with Gasteiger partial charge in [0.25, 0.3) is 0 Å². The number of hydrogen-bond donors (Lipinski definition) is 0. The van der Waals surface area contributed by atoms with Crippen molar-refractivity contribution in [1.29, 1.82) is 5.26 Å². The molecular weight excluding hydrogens is 178 g/mol. The van der Waals surface area contributed by atoms with Gasteiger partial charge in [0.2, 0.25) is 6.10 Å². The summed E-state index contributed by atoms with van der Waals surface area (Å²) in [5.41, 5.74) is 0.941. The van der Waals surface area contributed by atoms with Gasteiger partial charge in [0.1, 0.15) is 17.6 Å². The topological polar surface area (TPSA) is 42.2 Å². The Bertz CT molecular complexity index is 418. The molecule has 3 heteroatoms. The Hall–Kier alpha value is -1.95. The molecule has 0 amide bonds. The number of ether oxygens (including phenoxy) is 2. The fourth-order valence-corrected chi connectivity index (χ4v) is 1.33. The number of benzene rings is 1. The van der Waals surface area contributed by atoms with Crippen molar-refractivity contribution in [1.82, 2.24) is 0 Å². The number of nitriles is 1. The van der Waals surface area contributed by atoms with Crippen LogP contribution in [-0.2, 0) is 0 Å². The van der Waals surface area contributed by atoms with Crippen LogP contribution in [0.15, 0.2) is 24.3 Å². The molecule has 70 valence electrons. The second kappa shape index (κ2) is 3.43. The first-order valence-corrected chi connectivity index (χ1v) is 4.26. The standard InChI is InChI=1S/C11H9NO2/c1-13-9-4-5-11-8(6-9)2-3-10(7-12)14-11/h2-6,10H,1H3. The van der Waals surface area contributed by atoms with E-state index in [4.69, 9.17) is 14.7 Å². The van der Waals surface area contributed by atoms with Crippen molar-refractivity contribution in [3.05, 3.63) is 29.8 Å². The van der Waals surface area contributed by atoms with E-state index in [2.05, 4.69) is 0 Å². The molecule has 2 rings (SSSR count). The summed E-state index contributed by atoms with van der Waals surface area (Å²) in [6.45, 7) is 0. The first kappa shape index (κ1) is 8.64. The maximum atomic E-state index is 8.67. The lowest BCUT2D eigenvalue weighted by atomic mass is 10.1. The van der Waals surface area contributed by atoms with Gasteiger partial charge >= 0.3 is 0 Å². The highest BCUT2D eigenvalue weighted by atomic mass is 16.5. The van der Waals surface area contributed by atoms with Gasteiger partial charge in [0.05, 0.1) is 7.11 Å². The SMILES string of the molecule is COc1ccc2c(c1)C=CC(C#N)O2. The highest BCUT2D eigenvalue weighted by Gasteiger charge is 2.13. The van der Waals surface area contributed by atoms with Gasteiger partial charge in [-0.15, -0.1) is 0 Å². The van der Waals surface area contributed by atoms with E-state index in [-0.39, 0.29) is 0 Å². The molecule has 0 spiro atoms. The zero-order chi connectivity index (χ0) is 9.97. The molecule has 3 nitrogen and oxygen atoms in total. The number of methoxy groups -OCH3 is 1. The van der Waals surface area contributed by atoms with Gasteiger partial charge < -0.3 is 9.47 Å². The first-order valence-electron chi connectivity index (χ1n) is 4.26. The van der Waals surface area contributed by atoms with Crippen molar-refractivity contribution in [3.63, 3.8) is 0 Å². The molecule has 1 aromatic rings. The van der Waals surface area contributed by atoms with E-state index in [0.29, 0.717) is 0 Å². The minimum Gasteiger partial charge on any atom is -0.497 e. The number of hydrogen-bond acceptors (Lipinski definition) is 3. The average Bonchev–Trinajstić information content (AvgIpc) is 2.27. The van der Waals surface area contributed by atoms with Crippen LogP contribution in [0, 0.1) is 11.3 Å². The van der Waals surface area contributed by atoms with Crippen molar-refractivity contribution in [2.75, 3.05) is 7.11 Å². The van der Waals surface area contributed by atoms with Crippen molar-refractivity contribution >= 4 is 6.08 Å². The molecule has 1 unspecified atom stereocenters. The number of nitrogens with zero attached hydrogens (tertiary/aromatic N) is 1. The summed E-state index contributed by atoms with van der Waals surface area (Å²) in [5.74, 6) is 1.51. The third kappa shape index (κ3) is 1.42. The van der Waals surface area contributed by atoms with Crippen molar-refractivity contribution in [2.45, 2.75) is 6.10 Å². The maximum absolute atomic E-state index is 8.67. The molecule has 1 aliphatic rings. The summed E-state index contributed by atoms with van der Waals surface area (Å²) in [5, 5.41) is 8.67. The van der Waals surface area contributed by atoms with Crippen molar-refractivity contribution < 1.29 is 9.47 Å². The Labute approximate surface area is 82.2 Å². The lowest BCUT2D eigenvalue weighted by Crippen LogP contribution is -2.13. The van der Waals surface area contributed by atoms with E-state index in [1.165, 1.54) is 0 Å². The van der Waals surface area contributed by atoms with Crippen LogP contribution in [0.4, 0.5) is 0 Å². The molecular formula is C11H9NO2. The zero-order valence-electron chi connectivity index (χ0n) is 7.73. The summed E-state index contributed by atoms with van der Waals surface area (Å²) in [6.07, 6.45) is 3.12. The average molecular weight is 187 g/mol. The maximum Gasteiger partial charge on any atom is 0.203 e. The van der Waals surface area contributed by atoms with Gasteiger partial charge in [0.15, 0.2) is 0 Å². The molecule has 14 heavy (non-hydrogen) atoms. The Balaban J connectivity index is 2.37. The van der Waals surface area contributed by atoms with Crippen LogP contribution in [0.1, 0.15) is 5.56 Å². The molecule has 0 radical (unpaired) electrons. The van der Waals surface area contributed by atoms with E-state index in [0.717, 1.165) is 17.1 Å². The summed E-state index contributed by atoms with van der Waals surface area (Å²) >= 11 is 0. The molecule has 0 fully saturated rings.